The summed E-state index contributed by atoms with van der Waals surface area (Å²) >= 11 is 5.97. The average Bonchev–Trinajstić information content (AvgIpc) is 2.32. The maximum Gasteiger partial charge on any atom is 0.246 e. The number of rotatable bonds is 2. The van der Waals surface area contributed by atoms with Crippen LogP contribution >= 0.6 is 11.6 Å². The Morgan fingerprint density at radius 3 is 2.82 bits per heavy atom. The maximum absolute atomic E-state index is 11.6. The Hall–Kier alpha value is -1.75. The van der Waals surface area contributed by atoms with Gasteiger partial charge in [-0.15, -0.1) is 0 Å². The van der Waals surface area contributed by atoms with E-state index < -0.39 is 0 Å². The minimum Gasteiger partial charge on any atom is -0.495 e. The van der Waals surface area contributed by atoms with E-state index in [1.54, 1.807) is 18.2 Å². The quantitative estimate of drug-likeness (QED) is 0.850. The molecule has 0 radical (unpaired) electrons. The first-order chi connectivity index (χ1) is 8.11. The molecule has 2 amide bonds. The Morgan fingerprint density at radius 1 is 1.41 bits per heavy atom. The fourth-order valence-corrected chi connectivity index (χ4v) is 1.87. The molecule has 1 N–H and O–H groups in total. The average molecular weight is 255 g/mol. The van der Waals surface area contributed by atoms with Gasteiger partial charge < -0.3 is 15.0 Å². The van der Waals surface area contributed by atoms with Gasteiger partial charge in [0.2, 0.25) is 11.8 Å². The summed E-state index contributed by atoms with van der Waals surface area (Å²) in [5.74, 6) is 0.187. The number of nitrogens with one attached hydrogen (secondary N) is 1. The van der Waals surface area contributed by atoms with E-state index >= 15 is 0 Å². The van der Waals surface area contributed by atoms with Gasteiger partial charge in [-0.05, 0) is 18.2 Å². The molecule has 17 heavy (non-hydrogen) atoms. The normalized spacial score (nSPS) is 15.8. The summed E-state index contributed by atoms with van der Waals surface area (Å²) in [4.78, 5) is 24.3. The van der Waals surface area contributed by atoms with Crippen molar-refractivity contribution in [3.63, 3.8) is 0 Å². The van der Waals surface area contributed by atoms with Crippen LogP contribution < -0.4 is 15.0 Å². The number of hydrogen-bond donors (Lipinski definition) is 1. The molecule has 1 aromatic rings. The second-order valence-electron chi connectivity index (χ2n) is 3.58. The van der Waals surface area contributed by atoms with E-state index in [2.05, 4.69) is 5.32 Å². The minimum absolute atomic E-state index is 0.0154. The lowest BCUT2D eigenvalue weighted by Crippen LogP contribution is -2.51. The molecule has 1 fully saturated rings. The summed E-state index contributed by atoms with van der Waals surface area (Å²) in [5.41, 5.74) is 0.593. The SMILES string of the molecule is COc1ccc(N2CC(=O)NCC2=O)cc1Cl. The Kier molecular flexibility index (Phi) is 3.19. The van der Waals surface area contributed by atoms with Crippen molar-refractivity contribution in [2.45, 2.75) is 0 Å². The van der Waals surface area contributed by atoms with Crippen LogP contribution in [0.25, 0.3) is 0 Å². The lowest BCUT2D eigenvalue weighted by molar-refractivity contribution is -0.128. The smallest absolute Gasteiger partial charge is 0.246 e. The summed E-state index contributed by atoms with van der Waals surface area (Å²) in [5, 5.41) is 2.89. The van der Waals surface area contributed by atoms with Crippen LogP contribution in [0.2, 0.25) is 5.02 Å². The molecule has 0 atom stereocenters. The van der Waals surface area contributed by atoms with Gasteiger partial charge in [0.05, 0.1) is 18.7 Å². The van der Waals surface area contributed by atoms with E-state index in [0.29, 0.717) is 16.5 Å². The van der Waals surface area contributed by atoms with E-state index in [9.17, 15) is 9.59 Å². The number of nitrogens with zero attached hydrogens (tertiary/aromatic N) is 1. The molecule has 1 aliphatic heterocycles. The molecular weight excluding hydrogens is 244 g/mol. The Balaban J connectivity index is 2.29. The fraction of sp³-hybridized carbons (Fsp3) is 0.273. The van der Waals surface area contributed by atoms with Crippen molar-refractivity contribution in [3.8, 4) is 5.75 Å². The van der Waals surface area contributed by atoms with Gasteiger partial charge in [-0.2, -0.15) is 0 Å². The second kappa shape index (κ2) is 4.63. The number of benzene rings is 1. The molecule has 1 heterocycles. The van der Waals surface area contributed by atoms with Gasteiger partial charge >= 0.3 is 0 Å². The molecule has 0 saturated carbocycles. The predicted molar refractivity (Wildman–Crippen MR) is 63.4 cm³/mol. The molecule has 0 aliphatic carbocycles. The van der Waals surface area contributed by atoms with Crippen molar-refractivity contribution in [1.82, 2.24) is 5.32 Å². The van der Waals surface area contributed by atoms with E-state index in [1.807, 2.05) is 0 Å². The highest BCUT2D eigenvalue weighted by Gasteiger charge is 2.24. The highest BCUT2D eigenvalue weighted by Crippen LogP contribution is 2.29. The van der Waals surface area contributed by atoms with E-state index in [0.717, 1.165) is 0 Å². The maximum atomic E-state index is 11.6. The van der Waals surface area contributed by atoms with Gasteiger partial charge in [-0.1, -0.05) is 11.6 Å². The Bertz CT molecular complexity index is 476. The van der Waals surface area contributed by atoms with Crippen LogP contribution in [0.4, 0.5) is 5.69 Å². The molecule has 1 saturated heterocycles. The van der Waals surface area contributed by atoms with Crippen molar-refractivity contribution in [3.05, 3.63) is 23.2 Å². The number of methoxy groups -OCH3 is 1. The molecule has 2 rings (SSSR count). The molecular formula is C11H11ClN2O3. The third-order valence-electron chi connectivity index (χ3n) is 2.49. The standard InChI is InChI=1S/C11H11ClN2O3/c1-17-9-3-2-7(4-8(9)12)14-6-10(15)13-5-11(14)16/h2-4H,5-6H2,1H3,(H,13,15). The molecule has 1 aromatic carbocycles. The fourth-order valence-electron chi connectivity index (χ4n) is 1.62. The third-order valence-corrected chi connectivity index (χ3v) is 2.78. The summed E-state index contributed by atoms with van der Waals surface area (Å²) < 4.78 is 5.02. The number of carbonyl (C=O) groups excluding carboxylic acids is 2. The van der Waals surface area contributed by atoms with E-state index in [4.69, 9.17) is 16.3 Å². The van der Waals surface area contributed by atoms with Crippen molar-refractivity contribution in [2.75, 3.05) is 25.1 Å². The molecule has 5 nitrogen and oxygen atoms in total. The highest BCUT2D eigenvalue weighted by molar-refractivity contribution is 6.32. The van der Waals surface area contributed by atoms with Gasteiger partial charge in [0.1, 0.15) is 12.3 Å². The Morgan fingerprint density at radius 2 is 2.18 bits per heavy atom. The monoisotopic (exact) mass is 254 g/mol. The largest absolute Gasteiger partial charge is 0.495 e. The zero-order valence-corrected chi connectivity index (χ0v) is 9.95. The molecule has 6 heteroatoms. The van der Waals surface area contributed by atoms with Crippen molar-refractivity contribution < 1.29 is 14.3 Å². The lowest BCUT2D eigenvalue weighted by atomic mass is 10.2. The molecule has 0 aromatic heterocycles. The van der Waals surface area contributed by atoms with Crippen molar-refractivity contribution in [2.24, 2.45) is 0 Å². The topological polar surface area (TPSA) is 58.6 Å². The third kappa shape index (κ3) is 2.34. The minimum atomic E-state index is -0.184. The van der Waals surface area contributed by atoms with Gasteiger partial charge in [0.15, 0.2) is 0 Å². The van der Waals surface area contributed by atoms with Crippen LogP contribution in [0.3, 0.4) is 0 Å². The van der Waals surface area contributed by atoms with Gasteiger partial charge in [-0.25, -0.2) is 0 Å². The van der Waals surface area contributed by atoms with Crippen LogP contribution in [0, 0.1) is 0 Å². The Labute approximate surface area is 103 Å². The van der Waals surface area contributed by atoms with Gasteiger partial charge in [0, 0.05) is 5.69 Å². The second-order valence-corrected chi connectivity index (χ2v) is 3.98. The first-order valence-electron chi connectivity index (χ1n) is 5.02. The van der Waals surface area contributed by atoms with E-state index in [-0.39, 0.29) is 24.9 Å². The number of carbonyl (C=O) groups is 2. The molecule has 0 spiro atoms. The molecule has 0 unspecified atom stereocenters. The number of amides is 2. The van der Waals surface area contributed by atoms with Crippen LogP contribution in [-0.2, 0) is 9.59 Å². The van der Waals surface area contributed by atoms with Crippen LogP contribution in [-0.4, -0.2) is 32.0 Å². The summed E-state index contributed by atoms with van der Waals surface area (Å²) in [6.07, 6.45) is 0. The van der Waals surface area contributed by atoms with Gasteiger partial charge in [-0.3, -0.25) is 9.59 Å². The van der Waals surface area contributed by atoms with Crippen LogP contribution in [0.5, 0.6) is 5.75 Å². The van der Waals surface area contributed by atoms with E-state index in [1.165, 1.54) is 12.0 Å². The number of halogens is 1. The summed E-state index contributed by atoms with van der Waals surface area (Å²) in [7, 11) is 1.51. The lowest BCUT2D eigenvalue weighted by Gasteiger charge is -2.26. The number of hydrogen-bond acceptors (Lipinski definition) is 3. The summed E-state index contributed by atoms with van der Waals surface area (Å²) in [6, 6.07) is 4.97. The number of anilines is 1. The summed E-state index contributed by atoms with van der Waals surface area (Å²) in [6.45, 7) is 0.0317. The zero-order chi connectivity index (χ0) is 12.4. The van der Waals surface area contributed by atoms with Crippen molar-refractivity contribution in [1.29, 1.82) is 0 Å². The first-order valence-corrected chi connectivity index (χ1v) is 5.40. The molecule has 1 aliphatic rings. The van der Waals surface area contributed by atoms with Crippen LogP contribution in [0.15, 0.2) is 18.2 Å². The van der Waals surface area contributed by atoms with Gasteiger partial charge in [0.25, 0.3) is 0 Å². The zero-order valence-electron chi connectivity index (χ0n) is 9.20. The van der Waals surface area contributed by atoms with Crippen molar-refractivity contribution >= 4 is 29.1 Å². The number of piperazine rings is 1. The molecule has 90 valence electrons. The number of ether oxygens (including phenoxy) is 1. The predicted octanol–water partition coefficient (Wildman–Crippen LogP) is 0.811. The first kappa shape index (κ1) is 11.7. The molecule has 0 bridgehead atoms. The highest BCUT2D eigenvalue weighted by atomic mass is 35.5. The van der Waals surface area contributed by atoms with Crippen LogP contribution in [0.1, 0.15) is 0 Å².